The highest BCUT2D eigenvalue weighted by Crippen LogP contribution is 1.98. The predicted octanol–water partition coefficient (Wildman–Crippen LogP) is 1.16. The molecule has 0 aromatic heterocycles. The lowest BCUT2D eigenvalue weighted by Crippen LogP contribution is -2.35. The molecule has 0 aliphatic heterocycles. The highest BCUT2D eigenvalue weighted by Gasteiger charge is 2.09. The molecule has 0 amide bonds. The minimum atomic E-state index is -0.695. The van der Waals surface area contributed by atoms with Crippen LogP contribution in [-0.4, -0.2) is 42.5 Å². The molecular weight excluding hydrogens is 198 g/mol. The first-order chi connectivity index (χ1) is 6.74. The Hall–Kier alpha value is 0.0700. The zero-order chi connectivity index (χ0) is 10.8. The Bertz CT molecular complexity index is 153. The zero-order valence-electron chi connectivity index (χ0n) is 9.54. The number of hydrogen-bond acceptors (Lipinski definition) is 3. The fraction of sp³-hybridized carbons (Fsp3) is 1.00. The summed E-state index contributed by atoms with van der Waals surface area (Å²) in [6.45, 7) is 2.79. The molecule has 0 aliphatic rings. The van der Waals surface area contributed by atoms with E-state index in [2.05, 4.69) is 12.2 Å². The molecule has 0 aromatic rings. The quantitative estimate of drug-likeness (QED) is 0.594. The topological polar surface area (TPSA) is 38.3 Å². The van der Waals surface area contributed by atoms with Crippen molar-refractivity contribution < 1.29 is 8.95 Å². The lowest BCUT2D eigenvalue weighted by Gasteiger charge is -2.14. The third kappa shape index (κ3) is 7.47. The third-order valence-electron chi connectivity index (χ3n) is 2.14. The van der Waals surface area contributed by atoms with Crippen molar-refractivity contribution in [1.29, 1.82) is 0 Å². The Morgan fingerprint density at radius 3 is 2.64 bits per heavy atom. The molecule has 0 aromatic carbocycles. The largest absolute Gasteiger partial charge is 0.383 e. The molecule has 0 saturated heterocycles. The van der Waals surface area contributed by atoms with Gasteiger partial charge in [-0.25, -0.2) is 0 Å². The van der Waals surface area contributed by atoms with Crippen molar-refractivity contribution in [2.24, 2.45) is 0 Å². The Balaban J connectivity index is 3.56. The second-order valence-electron chi connectivity index (χ2n) is 3.46. The van der Waals surface area contributed by atoms with Crippen molar-refractivity contribution >= 4 is 10.8 Å². The molecule has 0 heterocycles. The van der Waals surface area contributed by atoms with Crippen molar-refractivity contribution in [3.63, 3.8) is 0 Å². The number of nitrogens with one attached hydrogen (secondary N) is 1. The monoisotopic (exact) mass is 221 g/mol. The van der Waals surface area contributed by atoms with E-state index in [0.29, 0.717) is 12.4 Å². The van der Waals surface area contributed by atoms with Crippen LogP contribution < -0.4 is 5.32 Å². The van der Waals surface area contributed by atoms with Gasteiger partial charge >= 0.3 is 0 Å². The van der Waals surface area contributed by atoms with Crippen LogP contribution in [0.2, 0.25) is 0 Å². The van der Waals surface area contributed by atoms with Crippen LogP contribution in [0.4, 0.5) is 0 Å². The van der Waals surface area contributed by atoms with Gasteiger partial charge in [-0.1, -0.05) is 19.8 Å². The summed E-state index contributed by atoms with van der Waals surface area (Å²) in [6, 6.07) is 0.224. The van der Waals surface area contributed by atoms with Gasteiger partial charge < -0.3 is 10.1 Å². The first kappa shape index (κ1) is 14.1. The van der Waals surface area contributed by atoms with Gasteiger partial charge in [0.05, 0.1) is 6.61 Å². The van der Waals surface area contributed by atoms with E-state index < -0.39 is 10.8 Å². The van der Waals surface area contributed by atoms with E-state index in [4.69, 9.17) is 4.74 Å². The van der Waals surface area contributed by atoms with Gasteiger partial charge in [0.15, 0.2) is 0 Å². The average Bonchev–Trinajstić information content (AvgIpc) is 2.17. The molecule has 0 rings (SSSR count). The zero-order valence-corrected chi connectivity index (χ0v) is 10.4. The van der Waals surface area contributed by atoms with Crippen LogP contribution in [0.5, 0.6) is 0 Å². The molecule has 3 nitrogen and oxygen atoms in total. The first-order valence-corrected chi connectivity index (χ1v) is 6.74. The smallest absolute Gasteiger partial charge is 0.0624 e. The molecule has 14 heavy (non-hydrogen) atoms. The summed E-state index contributed by atoms with van der Waals surface area (Å²) < 4.78 is 16.6. The first-order valence-electron chi connectivity index (χ1n) is 5.25. The summed E-state index contributed by atoms with van der Waals surface area (Å²) in [5, 5.41) is 3.11. The van der Waals surface area contributed by atoms with Crippen molar-refractivity contribution in [2.45, 2.75) is 32.2 Å². The third-order valence-corrected chi connectivity index (χ3v) is 3.66. The Kier molecular flexibility index (Phi) is 9.67. The van der Waals surface area contributed by atoms with E-state index in [1.165, 1.54) is 12.8 Å². The molecule has 0 radical (unpaired) electrons. The molecule has 2 atom stereocenters. The molecule has 0 aliphatic carbocycles. The van der Waals surface area contributed by atoms with Crippen LogP contribution in [0.1, 0.15) is 26.2 Å². The van der Waals surface area contributed by atoms with Crippen LogP contribution in [0.3, 0.4) is 0 Å². The van der Waals surface area contributed by atoms with Gasteiger partial charge in [-0.2, -0.15) is 0 Å². The highest BCUT2D eigenvalue weighted by molar-refractivity contribution is 7.85. The molecule has 0 fully saturated rings. The van der Waals surface area contributed by atoms with Gasteiger partial charge in [0.1, 0.15) is 0 Å². The SMILES string of the molecule is CCCCCS(=O)CC(COC)NC. The molecule has 0 bridgehead atoms. The number of methoxy groups -OCH3 is 1. The summed E-state index contributed by atoms with van der Waals surface area (Å²) in [5.41, 5.74) is 0. The van der Waals surface area contributed by atoms with Gasteiger partial charge in [0, 0.05) is 35.5 Å². The van der Waals surface area contributed by atoms with Crippen LogP contribution in [-0.2, 0) is 15.5 Å². The van der Waals surface area contributed by atoms with Gasteiger partial charge in [-0.3, -0.25) is 4.21 Å². The molecule has 4 heteroatoms. The fourth-order valence-electron chi connectivity index (χ4n) is 1.24. The lowest BCUT2D eigenvalue weighted by atomic mass is 10.3. The van der Waals surface area contributed by atoms with E-state index in [1.54, 1.807) is 7.11 Å². The second kappa shape index (κ2) is 9.62. The predicted molar refractivity (Wildman–Crippen MR) is 62.1 cm³/mol. The normalized spacial score (nSPS) is 15.4. The number of ether oxygens (including phenoxy) is 1. The molecule has 2 unspecified atom stereocenters. The van der Waals surface area contributed by atoms with Gasteiger partial charge in [0.25, 0.3) is 0 Å². The van der Waals surface area contributed by atoms with Crippen LogP contribution in [0, 0.1) is 0 Å². The molecule has 1 N–H and O–H groups in total. The van der Waals surface area contributed by atoms with Crippen LogP contribution in [0.15, 0.2) is 0 Å². The van der Waals surface area contributed by atoms with Gasteiger partial charge in [-0.15, -0.1) is 0 Å². The summed E-state index contributed by atoms with van der Waals surface area (Å²) in [5.74, 6) is 1.53. The lowest BCUT2D eigenvalue weighted by molar-refractivity contribution is 0.176. The molecule has 0 spiro atoms. The number of hydrogen-bond donors (Lipinski definition) is 1. The molecule has 0 saturated carbocycles. The standard InChI is InChI=1S/C10H23NO2S/c1-4-5-6-7-14(12)9-10(11-2)8-13-3/h10-11H,4-9H2,1-3H3. The van der Waals surface area contributed by atoms with Crippen molar-refractivity contribution in [3.8, 4) is 0 Å². The maximum absolute atomic E-state index is 11.6. The Morgan fingerprint density at radius 2 is 2.14 bits per heavy atom. The fourth-order valence-corrected chi connectivity index (χ4v) is 2.64. The van der Waals surface area contributed by atoms with Crippen LogP contribution >= 0.6 is 0 Å². The van der Waals surface area contributed by atoms with E-state index in [-0.39, 0.29) is 6.04 Å². The number of unbranched alkanes of at least 4 members (excludes halogenated alkanes) is 2. The summed E-state index contributed by atoms with van der Waals surface area (Å²) in [6.07, 6.45) is 3.44. The maximum atomic E-state index is 11.6. The second-order valence-corrected chi connectivity index (χ2v) is 5.08. The average molecular weight is 221 g/mol. The van der Waals surface area contributed by atoms with E-state index in [0.717, 1.165) is 12.2 Å². The van der Waals surface area contributed by atoms with E-state index >= 15 is 0 Å². The minimum absolute atomic E-state index is 0.224. The summed E-state index contributed by atoms with van der Waals surface area (Å²) >= 11 is 0. The van der Waals surface area contributed by atoms with Crippen molar-refractivity contribution in [2.75, 3.05) is 32.3 Å². The van der Waals surface area contributed by atoms with Crippen molar-refractivity contribution in [1.82, 2.24) is 5.32 Å². The maximum Gasteiger partial charge on any atom is 0.0624 e. The molecule has 86 valence electrons. The Labute approximate surface area is 90.1 Å². The Morgan fingerprint density at radius 1 is 1.43 bits per heavy atom. The number of rotatable bonds is 9. The summed E-state index contributed by atoms with van der Waals surface area (Å²) in [7, 11) is 2.86. The number of likely N-dealkylation sites (N-methyl/N-ethyl adjacent to an activating group) is 1. The summed E-state index contributed by atoms with van der Waals surface area (Å²) in [4.78, 5) is 0. The van der Waals surface area contributed by atoms with E-state index in [9.17, 15) is 4.21 Å². The van der Waals surface area contributed by atoms with E-state index in [1.807, 2.05) is 7.05 Å². The van der Waals surface area contributed by atoms with Gasteiger partial charge in [0.2, 0.25) is 0 Å². The van der Waals surface area contributed by atoms with Gasteiger partial charge in [-0.05, 0) is 13.5 Å². The highest BCUT2D eigenvalue weighted by atomic mass is 32.2. The molecular formula is C10H23NO2S. The van der Waals surface area contributed by atoms with Crippen LogP contribution in [0.25, 0.3) is 0 Å². The minimum Gasteiger partial charge on any atom is -0.383 e. The van der Waals surface area contributed by atoms with Crippen molar-refractivity contribution in [3.05, 3.63) is 0 Å².